The fraction of sp³-hybridized carbons (Fsp3) is 0. The predicted molar refractivity (Wildman–Crippen MR) is 226 cm³/mol. The molecule has 5 heteroatoms. The van der Waals surface area contributed by atoms with Gasteiger partial charge >= 0.3 is 0 Å². The molecule has 0 aliphatic carbocycles. The molecule has 0 fully saturated rings. The molecule has 3 aromatic heterocycles. The van der Waals surface area contributed by atoms with Gasteiger partial charge in [-0.05, 0) is 73.8 Å². The first-order chi connectivity index (χ1) is 26.6. The second-order valence-electron chi connectivity index (χ2n) is 13.9. The summed E-state index contributed by atoms with van der Waals surface area (Å²) >= 11 is 0. The van der Waals surface area contributed by atoms with Crippen LogP contribution in [0.2, 0.25) is 0 Å². The minimum atomic E-state index is -3.19. The van der Waals surface area contributed by atoms with Gasteiger partial charge in [-0.15, -0.1) is 0 Å². The molecule has 11 rings (SSSR count). The normalized spacial score (nSPS) is 12.1. The zero-order chi connectivity index (χ0) is 35.8. The topological polar surface area (TPSA) is 55.7 Å². The Kier molecular flexibility index (Phi) is 6.79. The van der Waals surface area contributed by atoms with Crippen LogP contribution in [0, 0.1) is 0 Å². The number of rotatable bonds is 5. The van der Waals surface area contributed by atoms with Gasteiger partial charge in [-0.1, -0.05) is 146 Å². The van der Waals surface area contributed by atoms with Crippen molar-refractivity contribution in [2.24, 2.45) is 0 Å². The fourth-order valence-electron chi connectivity index (χ4n) is 8.30. The molecule has 0 unspecified atom stereocenters. The highest BCUT2D eigenvalue weighted by atomic mass is 31.2. The van der Waals surface area contributed by atoms with Crippen molar-refractivity contribution in [1.82, 2.24) is 15.0 Å². The molecule has 4 nitrogen and oxygen atoms in total. The predicted octanol–water partition coefficient (Wildman–Crippen LogP) is 11.2. The average Bonchev–Trinajstić information content (AvgIpc) is 3.25. The van der Waals surface area contributed by atoms with Crippen LogP contribution in [0.1, 0.15) is 0 Å². The van der Waals surface area contributed by atoms with Crippen LogP contribution in [0.3, 0.4) is 0 Å². The van der Waals surface area contributed by atoms with Crippen molar-refractivity contribution in [3.05, 3.63) is 182 Å². The zero-order valence-corrected chi connectivity index (χ0v) is 29.9. The Balaban J connectivity index is 1.05. The van der Waals surface area contributed by atoms with Crippen molar-refractivity contribution < 1.29 is 4.57 Å². The van der Waals surface area contributed by atoms with E-state index in [9.17, 15) is 0 Å². The number of aromatic nitrogens is 3. The van der Waals surface area contributed by atoms with E-state index < -0.39 is 7.14 Å². The number of benzene rings is 8. The van der Waals surface area contributed by atoms with E-state index in [-0.39, 0.29) is 0 Å². The molecule has 0 spiro atoms. The Morgan fingerprint density at radius 3 is 1.74 bits per heavy atom. The van der Waals surface area contributed by atoms with E-state index in [0.717, 1.165) is 65.7 Å². The van der Waals surface area contributed by atoms with Crippen LogP contribution in [0.15, 0.2) is 182 Å². The first-order valence-electron chi connectivity index (χ1n) is 18.1. The van der Waals surface area contributed by atoms with Gasteiger partial charge in [0.2, 0.25) is 0 Å². The van der Waals surface area contributed by atoms with Crippen LogP contribution in [0.4, 0.5) is 0 Å². The van der Waals surface area contributed by atoms with Crippen molar-refractivity contribution in [2.75, 3.05) is 0 Å². The molecule has 0 radical (unpaired) electrons. The second kappa shape index (κ2) is 11.9. The van der Waals surface area contributed by atoms with Gasteiger partial charge in [-0.25, -0.2) is 9.97 Å². The summed E-state index contributed by atoms with van der Waals surface area (Å²) in [5.74, 6) is 0. The quantitative estimate of drug-likeness (QED) is 0.132. The minimum absolute atomic E-state index is 0.587. The maximum absolute atomic E-state index is 15.0. The molecule has 0 atom stereocenters. The maximum Gasteiger partial charge on any atom is 0.188 e. The van der Waals surface area contributed by atoms with Crippen LogP contribution < -0.4 is 16.0 Å². The smallest absolute Gasteiger partial charge is 0.188 e. The fourth-order valence-corrected chi connectivity index (χ4v) is 10.8. The number of hydrogen-bond donors (Lipinski definition) is 0. The van der Waals surface area contributed by atoms with Crippen LogP contribution in [0.25, 0.3) is 87.4 Å². The standard InChI is InChI=1S/C49H30N3OP/c53-54(37-9-3-1-4-10-37,38-11-5-2-6-12-38)45-28-21-36-30-35(20-26-43(36)51-45)39-22-15-31-18-25-42-40(23-16-32-17-24-41(39)46(31)47(32)42)44-27-19-34-14-13-33-8-7-29-50-48(33)49(34)52-44/h1-30H. The summed E-state index contributed by atoms with van der Waals surface area (Å²) in [4.78, 5) is 15.0. The summed E-state index contributed by atoms with van der Waals surface area (Å²) < 4.78 is 15.0. The number of hydrogen-bond acceptors (Lipinski definition) is 4. The number of pyridine rings is 3. The van der Waals surface area contributed by atoms with Gasteiger partial charge in [-0.2, -0.15) is 0 Å². The Labute approximate surface area is 311 Å². The molecule has 8 aromatic carbocycles. The molecule has 0 N–H and O–H groups in total. The molecular formula is C49H30N3OP. The molecule has 0 saturated heterocycles. The third-order valence-corrected chi connectivity index (χ3v) is 13.9. The van der Waals surface area contributed by atoms with Gasteiger partial charge in [0, 0.05) is 38.5 Å². The lowest BCUT2D eigenvalue weighted by molar-refractivity contribution is 0.592. The highest BCUT2D eigenvalue weighted by Gasteiger charge is 2.31. The molecule has 0 saturated carbocycles. The summed E-state index contributed by atoms with van der Waals surface area (Å²) in [6, 6.07) is 60.3. The number of nitrogens with zero attached hydrogens (tertiary/aromatic N) is 3. The highest BCUT2D eigenvalue weighted by Crippen LogP contribution is 2.44. The highest BCUT2D eigenvalue weighted by molar-refractivity contribution is 7.85. The van der Waals surface area contributed by atoms with Crippen molar-refractivity contribution >= 4 is 88.2 Å². The molecule has 3 heterocycles. The lowest BCUT2D eigenvalue weighted by Gasteiger charge is -2.19. The Morgan fingerprint density at radius 1 is 0.426 bits per heavy atom. The van der Waals surface area contributed by atoms with E-state index in [1.54, 1.807) is 0 Å². The zero-order valence-electron chi connectivity index (χ0n) is 29.0. The molecular weight excluding hydrogens is 678 g/mol. The van der Waals surface area contributed by atoms with Crippen LogP contribution >= 0.6 is 7.14 Å². The third kappa shape index (κ3) is 4.64. The monoisotopic (exact) mass is 707 g/mol. The third-order valence-electron chi connectivity index (χ3n) is 10.9. The van der Waals surface area contributed by atoms with Crippen molar-refractivity contribution in [1.29, 1.82) is 0 Å². The first-order valence-corrected chi connectivity index (χ1v) is 19.8. The molecule has 0 bridgehead atoms. The molecule has 54 heavy (non-hydrogen) atoms. The molecule has 0 amide bonds. The Bertz CT molecular complexity index is 3260. The molecule has 252 valence electrons. The number of fused-ring (bicyclic) bond motifs is 4. The van der Waals surface area contributed by atoms with Gasteiger partial charge in [0.05, 0.1) is 22.2 Å². The van der Waals surface area contributed by atoms with Crippen molar-refractivity contribution in [3.8, 4) is 22.4 Å². The summed E-state index contributed by atoms with van der Waals surface area (Å²) in [5, 5.41) is 12.0. The maximum atomic E-state index is 15.0. The Morgan fingerprint density at radius 2 is 1.02 bits per heavy atom. The molecule has 11 aromatic rings. The van der Waals surface area contributed by atoms with E-state index in [1.165, 1.54) is 32.3 Å². The van der Waals surface area contributed by atoms with Crippen LogP contribution in [0.5, 0.6) is 0 Å². The van der Waals surface area contributed by atoms with Crippen LogP contribution in [-0.4, -0.2) is 15.0 Å². The lowest BCUT2D eigenvalue weighted by atomic mass is 9.87. The summed E-state index contributed by atoms with van der Waals surface area (Å²) in [7, 11) is -3.19. The average molecular weight is 708 g/mol. The summed E-state index contributed by atoms with van der Waals surface area (Å²) in [5.41, 5.74) is 7.55. The van der Waals surface area contributed by atoms with E-state index in [2.05, 4.69) is 103 Å². The SMILES string of the molecule is O=P(c1ccccc1)(c1ccccc1)c1ccc2cc(-c3ccc4ccc5c(-c6ccc7ccc8cccnc8c7n6)ccc6ccc3c4c65)ccc2n1. The molecule has 0 aliphatic rings. The second-order valence-corrected chi connectivity index (χ2v) is 16.6. The van der Waals surface area contributed by atoms with E-state index >= 15 is 4.57 Å². The van der Waals surface area contributed by atoms with Gasteiger partial charge in [-0.3, -0.25) is 4.98 Å². The van der Waals surface area contributed by atoms with E-state index in [4.69, 9.17) is 15.0 Å². The van der Waals surface area contributed by atoms with Crippen molar-refractivity contribution in [3.63, 3.8) is 0 Å². The first kappa shape index (κ1) is 30.8. The van der Waals surface area contributed by atoms with Gasteiger partial charge in [0.1, 0.15) is 5.44 Å². The summed E-state index contributed by atoms with van der Waals surface area (Å²) in [6.45, 7) is 0. The van der Waals surface area contributed by atoms with E-state index in [0.29, 0.717) is 5.44 Å². The van der Waals surface area contributed by atoms with Crippen LogP contribution in [-0.2, 0) is 4.57 Å². The lowest BCUT2D eigenvalue weighted by Crippen LogP contribution is -2.26. The van der Waals surface area contributed by atoms with E-state index in [1.807, 2.05) is 79.0 Å². The summed E-state index contributed by atoms with van der Waals surface area (Å²) in [6.07, 6.45) is 1.84. The van der Waals surface area contributed by atoms with Gasteiger partial charge in [0.25, 0.3) is 0 Å². The van der Waals surface area contributed by atoms with Gasteiger partial charge in [0.15, 0.2) is 7.14 Å². The largest absolute Gasteiger partial charge is 0.307 e. The van der Waals surface area contributed by atoms with Gasteiger partial charge < -0.3 is 4.57 Å². The van der Waals surface area contributed by atoms with Crippen molar-refractivity contribution in [2.45, 2.75) is 0 Å². The molecule has 0 aliphatic heterocycles. The Hall–Kier alpha value is -6.74. The minimum Gasteiger partial charge on any atom is -0.307 e.